The van der Waals surface area contributed by atoms with Crippen LogP contribution in [0.5, 0.6) is 0 Å². The number of piperazine rings is 1. The summed E-state index contributed by atoms with van der Waals surface area (Å²) >= 11 is 0. The Balaban J connectivity index is 1.80. The Bertz CT molecular complexity index is 323. The normalized spacial score (nSPS) is 24.1. The summed E-state index contributed by atoms with van der Waals surface area (Å²) in [7, 11) is 1.68. The average molecular weight is 269 g/mol. The highest BCUT2D eigenvalue weighted by molar-refractivity contribution is 5.87. The first kappa shape index (κ1) is 14.3. The van der Waals surface area contributed by atoms with Crippen LogP contribution in [0.25, 0.3) is 0 Å². The lowest BCUT2D eigenvalue weighted by molar-refractivity contribution is -0.149. The van der Waals surface area contributed by atoms with Gasteiger partial charge in [0.2, 0.25) is 5.91 Å². The van der Waals surface area contributed by atoms with Crippen molar-refractivity contribution in [2.45, 2.75) is 25.4 Å². The topological polar surface area (TPSA) is 61.9 Å². The Morgan fingerprint density at radius 3 is 2.68 bits per heavy atom. The van der Waals surface area contributed by atoms with Crippen molar-refractivity contribution in [2.75, 3.05) is 46.4 Å². The summed E-state index contributed by atoms with van der Waals surface area (Å²) in [5.74, 6) is -0.0451. The summed E-state index contributed by atoms with van der Waals surface area (Å²) in [6.07, 6.45) is 2.46. The number of rotatable bonds is 3. The third kappa shape index (κ3) is 3.91. The molecule has 2 saturated heterocycles. The van der Waals surface area contributed by atoms with Crippen LogP contribution in [-0.2, 0) is 14.3 Å². The molecule has 1 N–H and O–H groups in total. The van der Waals surface area contributed by atoms with Gasteiger partial charge in [-0.25, -0.2) is 0 Å². The van der Waals surface area contributed by atoms with Crippen molar-refractivity contribution >= 4 is 11.8 Å². The van der Waals surface area contributed by atoms with Gasteiger partial charge in [0.15, 0.2) is 0 Å². The largest absolute Gasteiger partial charge is 0.368 e. The quantitative estimate of drug-likeness (QED) is 0.746. The zero-order chi connectivity index (χ0) is 13.7. The Kier molecular flexibility index (Phi) is 5.15. The highest BCUT2D eigenvalue weighted by atomic mass is 16.5. The predicted molar refractivity (Wildman–Crippen MR) is 70.7 cm³/mol. The van der Waals surface area contributed by atoms with E-state index in [1.54, 1.807) is 7.05 Å². The third-order valence-electron chi connectivity index (χ3n) is 3.67. The second-order valence-electron chi connectivity index (χ2n) is 5.18. The molecule has 0 saturated carbocycles. The molecular weight excluding hydrogens is 246 g/mol. The number of nitrogens with one attached hydrogen (secondary N) is 1. The number of nitrogens with zero attached hydrogens (tertiary/aromatic N) is 2. The standard InChI is InChI=1S/C13H23N3O3/c1-15(13(18)11-4-2-3-9-19-11)10-12(17)16-7-5-14-6-8-16/h11,14H,2-10H2,1H3. The molecule has 0 aliphatic carbocycles. The van der Waals surface area contributed by atoms with Crippen LogP contribution in [0.3, 0.4) is 0 Å². The fraction of sp³-hybridized carbons (Fsp3) is 0.846. The van der Waals surface area contributed by atoms with Crippen LogP contribution in [0.15, 0.2) is 0 Å². The van der Waals surface area contributed by atoms with Crippen LogP contribution in [0.1, 0.15) is 19.3 Å². The van der Waals surface area contributed by atoms with Gasteiger partial charge < -0.3 is 19.9 Å². The highest BCUT2D eigenvalue weighted by Crippen LogP contribution is 2.14. The summed E-state index contributed by atoms with van der Waals surface area (Å²) in [5.41, 5.74) is 0. The van der Waals surface area contributed by atoms with E-state index < -0.39 is 0 Å². The molecule has 2 aliphatic rings. The van der Waals surface area contributed by atoms with Crippen LogP contribution in [0.2, 0.25) is 0 Å². The second-order valence-corrected chi connectivity index (χ2v) is 5.18. The Hall–Kier alpha value is -1.14. The second kappa shape index (κ2) is 6.86. The lowest BCUT2D eigenvalue weighted by Gasteiger charge is -2.31. The van der Waals surface area contributed by atoms with Gasteiger partial charge in [0.1, 0.15) is 6.10 Å². The molecule has 1 unspecified atom stereocenters. The summed E-state index contributed by atoms with van der Waals surface area (Å²) in [4.78, 5) is 27.5. The smallest absolute Gasteiger partial charge is 0.251 e. The van der Waals surface area contributed by atoms with Gasteiger partial charge >= 0.3 is 0 Å². The Labute approximate surface area is 114 Å². The predicted octanol–water partition coefficient (Wildman–Crippen LogP) is -0.554. The molecule has 2 aliphatic heterocycles. The van der Waals surface area contributed by atoms with E-state index in [9.17, 15) is 9.59 Å². The summed E-state index contributed by atoms with van der Waals surface area (Å²) < 4.78 is 5.46. The lowest BCUT2D eigenvalue weighted by atomic mass is 10.1. The van der Waals surface area contributed by atoms with Gasteiger partial charge in [-0.15, -0.1) is 0 Å². The fourth-order valence-corrected chi connectivity index (χ4v) is 2.48. The number of carbonyl (C=O) groups is 2. The minimum atomic E-state index is -0.352. The molecular formula is C13H23N3O3. The molecule has 0 bridgehead atoms. The number of amides is 2. The molecule has 0 spiro atoms. The number of likely N-dealkylation sites (N-methyl/N-ethyl adjacent to an activating group) is 1. The summed E-state index contributed by atoms with van der Waals surface area (Å²) in [6.45, 7) is 3.90. The molecule has 0 aromatic carbocycles. The van der Waals surface area contributed by atoms with Crippen LogP contribution >= 0.6 is 0 Å². The summed E-state index contributed by atoms with van der Waals surface area (Å²) in [6, 6.07) is 0. The highest BCUT2D eigenvalue weighted by Gasteiger charge is 2.27. The molecule has 0 radical (unpaired) electrons. The molecule has 6 heteroatoms. The number of hydrogen-bond donors (Lipinski definition) is 1. The van der Waals surface area contributed by atoms with Crippen molar-refractivity contribution in [3.05, 3.63) is 0 Å². The van der Waals surface area contributed by atoms with E-state index >= 15 is 0 Å². The molecule has 2 fully saturated rings. The van der Waals surface area contributed by atoms with Crippen molar-refractivity contribution in [1.29, 1.82) is 0 Å². The molecule has 1 atom stereocenters. The molecule has 6 nitrogen and oxygen atoms in total. The Morgan fingerprint density at radius 1 is 1.32 bits per heavy atom. The monoisotopic (exact) mass is 269 g/mol. The Morgan fingerprint density at radius 2 is 2.05 bits per heavy atom. The van der Waals surface area contributed by atoms with Crippen molar-refractivity contribution < 1.29 is 14.3 Å². The van der Waals surface area contributed by atoms with Crippen molar-refractivity contribution in [2.24, 2.45) is 0 Å². The minimum absolute atomic E-state index is 0.0214. The van der Waals surface area contributed by atoms with E-state index in [1.807, 2.05) is 4.90 Å². The van der Waals surface area contributed by atoms with E-state index in [0.29, 0.717) is 6.61 Å². The van der Waals surface area contributed by atoms with E-state index in [0.717, 1.165) is 45.4 Å². The molecule has 0 aromatic heterocycles. The number of carbonyl (C=O) groups excluding carboxylic acids is 2. The van der Waals surface area contributed by atoms with Crippen LogP contribution in [0, 0.1) is 0 Å². The van der Waals surface area contributed by atoms with Crippen molar-refractivity contribution in [1.82, 2.24) is 15.1 Å². The minimum Gasteiger partial charge on any atom is -0.368 e. The molecule has 19 heavy (non-hydrogen) atoms. The first-order valence-corrected chi connectivity index (χ1v) is 7.03. The number of ether oxygens (including phenoxy) is 1. The fourth-order valence-electron chi connectivity index (χ4n) is 2.48. The van der Waals surface area contributed by atoms with Crippen LogP contribution in [-0.4, -0.2) is 74.1 Å². The van der Waals surface area contributed by atoms with E-state index in [-0.39, 0.29) is 24.5 Å². The summed E-state index contributed by atoms with van der Waals surface area (Å²) in [5, 5.41) is 3.20. The molecule has 108 valence electrons. The van der Waals surface area contributed by atoms with Crippen molar-refractivity contribution in [3.63, 3.8) is 0 Å². The maximum absolute atomic E-state index is 12.1. The van der Waals surface area contributed by atoms with E-state index in [4.69, 9.17) is 4.74 Å². The van der Waals surface area contributed by atoms with Gasteiger partial charge in [0.05, 0.1) is 6.54 Å². The number of hydrogen-bond acceptors (Lipinski definition) is 4. The molecule has 2 heterocycles. The molecule has 0 aromatic rings. The third-order valence-corrected chi connectivity index (χ3v) is 3.67. The van der Waals surface area contributed by atoms with Crippen molar-refractivity contribution in [3.8, 4) is 0 Å². The first-order chi connectivity index (χ1) is 9.18. The molecule has 2 rings (SSSR count). The van der Waals surface area contributed by atoms with Gasteiger partial charge in [-0.05, 0) is 19.3 Å². The van der Waals surface area contributed by atoms with Gasteiger partial charge in [-0.1, -0.05) is 0 Å². The van der Waals surface area contributed by atoms with E-state index in [2.05, 4.69) is 5.32 Å². The average Bonchev–Trinajstić information content (AvgIpc) is 2.48. The van der Waals surface area contributed by atoms with E-state index in [1.165, 1.54) is 4.90 Å². The SMILES string of the molecule is CN(CC(=O)N1CCNCC1)C(=O)C1CCCCO1. The van der Waals surface area contributed by atoms with Gasteiger partial charge in [0, 0.05) is 39.8 Å². The zero-order valence-corrected chi connectivity index (χ0v) is 11.6. The van der Waals surface area contributed by atoms with Crippen LogP contribution < -0.4 is 5.32 Å². The maximum Gasteiger partial charge on any atom is 0.251 e. The first-order valence-electron chi connectivity index (χ1n) is 7.03. The van der Waals surface area contributed by atoms with Gasteiger partial charge in [-0.2, -0.15) is 0 Å². The van der Waals surface area contributed by atoms with Gasteiger partial charge in [0.25, 0.3) is 5.91 Å². The maximum atomic E-state index is 12.1. The van der Waals surface area contributed by atoms with Crippen LogP contribution in [0.4, 0.5) is 0 Å². The molecule has 2 amide bonds. The lowest BCUT2D eigenvalue weighted by Crippen LogP contribution is -2.51. The van der Waals surface area contributed by atoms with Gasteiger partial charge in [-0.3, -0.25) is 9.59 Å². The zero-order valence-electron chi connectivity index (χ0n) is 11.6.